The molecule has 0 aliphatic rings. The zero-order valence-electron chi connectivity index (χ0n) is 8.42. The predicted molar refractivity (Wildman–Crippen MR) is 53.2 cm³/mol. The van der Waals surface area contributed by atoms with Gasteiger partial charge in [-0.2, -0.15) is 0 Å². The van der Waals surface area contributed by atoms with Crippen molar-refractivity contribution in [1.29, 1.82) is 0 Å². The fourth-order valence-electron chi connectivity index (χ4n) is 1.46. The van der Waals surface area contributed by atoms with E-state index in [1.165, 1.54) is 14.1 Å². The molecular formula is C7H7N5O4. The summed E-state index contributed by atoms with van der Waals surface area (Å²) in [5, 5.41) is 10.6. The maximum atomic E-state index is 11.5. The molecule has 0 fully saturated rings. The summed E-state index contributed by atoms with van der Waals surface area (Å²) in [6, 6.07) is 0. The van der Waals surface area contributed by atoms with Gasteiger partial charge in [0.2, 0.25) is 5.52 Å². The minimum Gasteiger partial charge on any atom is -0.390 e. The molecule has 0 spiro atoms. The summed E-state index contributed by atoms with van der Waals surface area (Å²) in [5.41, 5.74) is -1.37. The molecule has 9 heteroatoms. The lowest BCUT2D eigenvalue weighted by atomic mass is 10.5. The highest BCUT2D eigenvalue weighted by Crippen LogP contribution is 2.14. The summed E-state index contributed by atoms with van der Waals surface area (Å²) in [6.45, 7) is 0. The maximum absolute atomic E-state index is 11.5. The van der Waals surface area contributed by atoms with Crippen LogP contribution in [0.1, 0.15) is 0 Å². The van der Waals surface area contributed by atoms with Crippen LogP contribution in [0.3, 0.4) is 0 Å². The van der Waals surface area contributed by atoms with Crippen LogP contribution in [-0.4, -0.2) is 24.0 Å². The van der Waals surface area contributed by atoms with E-state index in [0.29, 0.717) is 0 Å². The van der Waals surface area contributed by atoms with Gasteiger partial charge in [0.15, 0.2) is 0 Å². The molecule has 16 heavy (non-hydrogen) atoms. The number of imidazole rings is 1. The molecule has 84 valence electrons. The predicted octanol–water partition coefficient (Wildman–Crippen LogP) is -1.13. The van der Waals surface area contributed by atoms with Gasteiger partial charge in [0.1, 0.15) is 0 Å². The number of rotatable bonds is 1. The minimum absolute atomic E-state index is 0.00574. The Balaban J connectivity index is 3.08. The second-order valence-corrected chi connectivity index (χ2v) is 3.22. The van der Waals surface area contributed by atoms with Crippen LogP contribution in [0.2, 0.25) is 0 Å². The largest absolute Gasteiger partial charge is 0.437 e. The third-order valence-corrected chi connectivity index (χ3v) is 2.27. The normalized spacial score (nSPS) is 10.9. The third-order valence-electron chi connectivity index (χ3n) is 2.27. The Morgan fingerprint density at radius 3 is 2.50 bits per heavy atom. The van der Waals surface area contributed by atoms with Crippen molar-refractivity contribution in [2.45, 2.75) is 0 Å². The lowest BCUT2D eigenvalue weighted by Crippen LogP contribution is -2.29. The van der Waals surface area contributed by atoms with E-state index in [1.807, 2.05) is 4.98 Å². The van der Waals surface area contributed by atoms with Crippen molar-refractivity contribution in [3.05, 3.63) is 31.0 Å². The first-order chi connectivity index (χ1) is 7.43. The van der Waals surface area contributed by atoms with Crippen LogP contribution in [-0.2, 0) is 14.1 Å². The van der Waals surface area contributed by atoms with Gasteiger partial charge in [0.25, 0.3) is 11.2 Å². The molecule has 0 amide bonds. The van der Waals surface area contributed by atoms with Crippen LogP contribution >= 0.6 is 0 Å². The Hall–Kier alpha value is -2.45. The Morgan fingerprint density at radius 2 is 1.94 bits per heavy atom. The van der Waals surface area contributed by atoms with Crippen molar-refractivity contribution in [1.82, 2.24) is 19.1 Å². The number of aromatic amines is 1. The fraction of sp³-hybridized carbons (Fsp3) is 0.286. The number of H-pyrrole nitrogens is 1. The highest BCUT2D eigenvalue weighted by molar-refractivity contribution is 5.72. The number of fused-ring (bicyclic) bond motifs is 1. The van der Waals surface area contributed by atoms with E-state index in [9.17, 15) is 19.7 Å². The monoisotopic (exact) mass is 225 g/mol. The summed E-state index contributed by atoms with van der Waals surface area (Å²) in [7, 11) is 2.71. The quantitative estimate of drug-likeness (QED) is 0.486. The molecule has 2 aromatic heterocycles. The molecular weight excluding hydrogens is 218 g/mol. The van der Waals surface area contributed by atoms with E-state index < -0.39 is 22.1 Å². The van der Waals surface area contributed by atoms with Gasteiger partial charge in [0, 0.05) is 7.05 Å². The molecule has 0 atom stereocenters. The summed E-state index contributed by atoms with van der Waals surface area (Å²) in [4.78, 5) is 38.3. The number of hydrogen-bond acceptors (Lipinski definition) is 5. The van der Waals surface area contributed by atoms with Crippen molar-refractivity contribution < 1.29 is 4.92 Å². The zero-order valence-corrected chi connectivity index (χ0v) is 8.42. The van der Waals surface area contributed by atoms with E-state index in [4.69, 9.17) is 0 Å². The lowest BCUT2D eigenvalue weighted by molar-refractivity contribution is -0.396. The van der Waals surface area contributed by atoms with Crippen LogP contribution in [0.5, 0.6) is 0 Å². The molecule has 2 rings (SSSR count). The summed E-state index contributed by atoms with van der Waals surface area (Å²) in [5.74, 6) is -0.485. The molecule has 0 unspecified atom stereocenters. The Kier molecular flexibility index (Phi) is 1.90. The van der Waals surface area contributed by atoms with E-state index in [1.54, 1.807) is 0 Å². The Morgan fingerprint density at radius 1 is 1.31 bits per heavy atom. The Bertz CT molecular complexity index is 706. The topological polar surface area (TPSA) is 116 Å². The van der Waals surface area contributed by atoms with Crippen molar-refractivity contribution in [3.8, 4) is 0 Å². The van der Waals surface area contributed by atoms with Gasteiger partial charge in [-0.15, -0.1) is 0 Å². The molecule has 0 saturated heterocycles. The summed E-state index contributed by atoms with van der Waals surface area (Å²) in [6.07, 6.45) is 0. The number of aromatic nitrogens is 4. The van der Waals surface area contributed by atoms with Crippen molar-refractivity contribution in [2.75, 3.05) is 0 Å². The van der Waals surface area contributed by atoms with E-state index in [2.05, 4.69) is 4.98 Å². The van der Waals surface area contributed by atoms with Crippen LogP contribution in [0.25, 0.3) is 11.2 Å². The fourth-order valence-corrected chi connectivity index (χ4v) is 1.46. The highest BCUT2D eigenvalue weighted by atomic mass is 16.6. The average molecular weight is 225 g/mol. The van der Waals surface area contributed by atoms with Crippen LogP contribution in [0.15, 0.2) is 9.59 Å². The lowest BCUT2D eigenvalue weighted by Gasteiger charge is -1.94. The Labute approximate surface area is 87.1 Å². The molecule has 0 aliphatic heterocycles. The van der Waals surface area contributed by atoms with E-state index in [-0.39, 0.29) is 11.2 Å². The van der Waals surface area contributed by atoms with Gasteiger partial charge >= 0.3 is 11.6 Å². The molecule has 1 N–H and O–H groups in total. The smallest absolute Gasteiger partial charge is 0.390 e. The van der Waals surface area contributed by atoms with Crippen molar-refractivity contribution in [3.63, 3.8) is 0 Å². The summed E-state index contributed by atoms with van der Waals surface area (Å²) >= 11 is 0. The molecule has 0 radical (unpaired) electrons. The second kappa shape index (κ2) is 3.02. The number of nitrogens with one attached hydrogen (secondary N) is 1. The molecule has 9 nitrogen and oxygen atoms in total. The van der Waals surface area contributed by atoms with Gasteiger partial charge in [-0.25, -0.2) is 9.36 Å². The van der Waals surface area contributed by atoms with Crippen molar-refractivity contribution in [2.24, 2.45) is 14.1 Å². The highest BCUT2D eigenvalue weighted by Gasteiger charge is 2.23. The van der Waals surface area contributed by atoms with E-state index >= 15 is 0 Å². The second-order valence-electron chi connectivity index (χ2n) is 3.22. The van der Waals surface area contributed by atoms with E-state index in [0.717, 1.165) is 9.13 Å². The SMILES string of the molecule is Cn1c([N+](=O)[O-])nc2c1c(=O)[nH]c(=O)n2C. The van der Waals surface area contributed by atoms with Gasteiger partial charge in [0.05, 0.1) is 7.05 Å². The third kappa shape index (κ3) is 1.14. The molecule has 2 aromatic rings. The number of nitro groups is 1. The van der Waals surface area contributed by atoms with Gasteiger partial charge in [-0.1, -0.05) is 0 Å². The minimum atomic E-state index is -0.718. The van der Waals surface area contributed by atoms with Gasteiger partial charge in [-0.3, -0.25) is 14.3 Å². The number of nitrogens with zero attached hydrogens (tertiary/aromatic N) is 4. The van der Waals surface area contributed by atoms with Crippen LogP contribution in [0.4, 0.5) is 5.95 Å². The standard InChI is InChI=1S/C7H7N5O4/c1-10-3-4(8-6(10)12(15)16)11(2)7(14)9-5(3)13/h1-2H3,(H,9,13,14). The molecule has 2 heterocycles. The van der Waals surface area contributed by atoms with Gasteiger partial charge < -0.3 is 10.1 Å². The van der Waals surface area contributed by atoms with Crippen LogP contribution in [0, 0.1) is 10.1 Å². The maximum Gasteiger partial charge on any atom is 0.437 e. The zero-order chi connectivity index (χ0) is 12.0. The molecule has 0 saturated carbocycles. The molecule has 0 bridgehead atoms. The number of hydrogen-bond donors (Lipinski definition) is 1. The average Bonchev–Trinajstić information content (AvgIpc) is 2.53. The summed E-state index contributed by atoms with van der Waals surface area (Å²) < 4.78 is 2.08. The molecule has 0 aliphatic carbocycles. The first kappa shape index (κ1) is 10.1. The van der Waals surface area contributed by atoms with Gasteiger partial charge in [-0.05, 0) is 9.91 Å². The first-order valence-electron chi connectivity index (χ1n) is 4.23. The number of aryl methyl sites for hydroxylation is 2. The van der Waals surface area contributed by atoms with Crippen LogP contribution < -0.4 is 11.2 Å². The van der Waals surface area contributed by atoms with Crippen molar-refractivity contribution >= 4 is 17.1 Å². The first-order valence-corrected chi connectivity index (χ1v) is 4.23. The molecule has 0 aromatic carbocycles.